The topological polar surface area (TPSA) is 23.5 Å². The summed E-state index contributed by atoms with van der Waals surface area (Å²) in [5, 5.41) is 13.9. The third-order valence-corrected chi connectivity index (χ3v) is 4.29. The van der Waals surface area contributed by atoms with Crippen molar-refractivity contribution in [3.8, 4) is 0 Å². The molecule has 0 aliphatic heterocycles. The van der Waals surface area contributed by atoms with Crippen molar-refractivity contribution in [2.75, 3.05) is 11.9 Å². The fraction of sp³-hybridized carbons (Fsp3) is 0.286. The molecular weight excluding hydrogens is 310 g/mol. The predicted octanol–water partition coefficient (Wildman–Crippen LogP) is 4.20. The van der Waals surface area contributed by atoms with Crippen LogP contribution >= 0.6 is 27.3 Å². The van der Waals surface area contributed by atoms with Crippen molar-refractivity contribution in [2.24, 2.45) is 0 Å². The van der Waals surface area contributed by atoms with Gasteiger partial charge in [-0.25, -0.2) is 0 Å². The molecule has 0 unspecified atom stereocenters. The lowest BCUT2D eigenvalue weighted by Crippen LogP contribution is -2.16. The van der Waals surface area contributed by atoms with E-state index in [1.165, 1.54) is 5.56 Å². The zero-order chi connectivity index (χ0) is 13.1. The summed E-state index contributed by atoms with van der Waals surface area (Å²) in [4.78, 5) is 2.19. The minimum Gasteiger partial charge on any atom is -0.389 e. The van der Waals surface area contributed by atoms with Gasteiger partial charge in [0.15, 0.2) is 0 Å². The van der Waals surface area contributed by atoms with Crippen molar-refractivity contribution in [1.82, 2.24) is 0 Å². The third-order valence-electron chi connectivity index (χ3n) is 2.87. The molecule has 96 valence electrons. The maximum atomic E-state index is 9.60. The van der Waals surface area contributed by atoms with Gasteiger partial charge in [0.25, 0.3) is 0 Å². The first kappa shape index (κ1) is 13.6. The Morgan fingerprint density at radius 2 is 2.17 bits per heavy atom. The van der Waals surface area contributed by atoms with Crippen LogP contribution in [0.1, 0.15) is 24.2 Å². The molecule has 0 saturated carbocycles. The van der Waals surface area contributed by atoms with E-state index < -0.39 is 6.10 Å². The Hall–Kier alpha value is -0.840. The number of thiophene rings is 1. The number of rotatable bonds is 4. The van der Waals surface area contributed by atoms with Crippen LogP contribution in [0.4, 0.5) is 5.69 Å². The van der Waals surface area contributed by atoms with Crippen LogP contribution in [-0.2, 0) is 6.54 Å². The highest BCUT2D eigenvalue weighted by Gasteiger charge is 2.09. The number of halogens is 1. The van der Waals surface area contributed by atoms with Crippen LogP contribution in [0.3, 0.4) is 0 Å². The van der Waals surface area contributed by atoms with Gasteiger partial charge in [-0.05, 0) is 47.0 Å². The first-order valence-corrected chi connectivity index (χ1v) is 7.51. The Balaban J connectivity index is 2.16. The molecule has 0 fully saturated rings. The number of hydrogen-bond donors (Lipinski definition) is 1. The van der Waals surface area contributed by atoms with E-state index in [1.54, 1.807) is 18.3 Å². The van der Waals surface area contributed by atoms with Gasteiger partial charge in [-0.3, -0.25) is 0 Å². The highest BCUT2D eigenvalue weighted by atomic mass is 79.9. The quantitative estimate of drug-likeness (QED) is 0.910. The number of hydrogen-bond acceptors (Lipinski definition) is 3. The molecule has 4 heteroatoms. The molecule has 0 amide bonds. The second kappa shape index (κ2) is 5.87. The summed E-state index contributed by atoms with van der Waals surface area (Å²) in [6.07, 6.45) is -0.449. The van der Waals surface area contributed by atoms with Gasteiger partial charge in [-0.1, -0.05) is 22.0 Å². The van der Waals surface area contributed by atoms with Gasteiger partial charge in [0, 0.05) is 23.8 Å². The van der Waals surface area contributed by atoms with E-state index >= 15 is 0 Å². The summed E-state index contributed by atoms with van der Waals surface area (Å²) < 4.78 is 0.951. The Kier molecular flexibility index (Phi) is 4.43. The molecule has 2 aromatic rings. The zero-order valence-electron chi connectivity index (χ0n) is 10.4. The van der Waals surface area contributed by atoms with E-state index in [1.807, 2.05) is 12.1 Å². The molecule has 1 N–H and O–H groups in total. The van der Waals surface area contributed by atoms with Gasteiger partial charge in [0.05, 0.1) is 6.10 Å². The molecule has 0 spiro atoms. The van der Waals surface area contributed by atoms with Gasteiger partial charge in [-0.2, -0.15) is 11.3 Å². The highest BCUT2D eigenvalue weighted by Crippen LogP contribution is 2.28. The largest absolute Gasteiger partial charge is 0.389 e. The molecule has 0 radical (unpaired) electrons. The van der Waals surface area contributed by atoms with E-state index in [0.717, 1.165) is 22.3 Å². The minimum absolute atomic E-state index is 0.449. The van der Waals surface area contributed by atoms with Crippen molar-refractivity contribution in [3.63, 3.8) is 0 Å². The number of anilines is 1. The molecule has 1 aromatic carbocycles. The van der Waals surface area contributed by atoms with Crippen molar-refractivity contribution >= 4 is 33.0 Å². The van der Waals surface area contributed by atoms with Crippen LogP contribution in [0.25, 0.3) is 0 Å². The van der Waals surface area contributed by atoms with Gasteiger partial charge in [0.2, 0.25) is 0 Å². The summed E-state index contributed by atoms with van der Waals surface area (Å²) in [5.41, 5.74) is 3.37. The normalized spacial score (nSPS) is 12.4. The van der Waals surface area contributed by atoms with E-state index in [0.29, 0.717) is 0 Å². The first-order chi connectivity index (χ1) is 8.58. The number of benzene rings is 1. The number of aliphatic hydroxyl groups excluding tert-OH is 1. The maximum Gasteiger partial charge on any atom is 0.0772 e. The standard InChI is InChI=1S/C14H16BrNOS/c1-10(17)13-4-3-12(7-14(13)15)16(2)8-11-5-6-18-9-11/h3-7,9-10,17H,8H2,1-2H3/t10-/m0/s1. The van der Waals surface area contributed by atoms with Crippen molar-refractivity contribution < 1.29 is 5.11 Å². The average Bonchev–Trinajstić information content (AvgIpc) is 2.81. The Bertz CT molecular complexity index is 511. The molecular formula is C14H16BrNOS. The van der Waals surface area contributed by atoms with E-state index in [4.69, 9.17) is 0 Å². The summed E-state index contributed by atoms with van der Waals surface area (Å²) >= 11 is 5.23. The minimum atomic E-state index is -0.449. The molecule has 0 aliphatic rings. The van der Waals surface area contributed by atoms with Crippen LogP contribution in [-0.4, -0.2) is 12.2 Å². The second-order valence-corrected chi connectivity index (χ2v) is 6.00. The summed E-state index contributed by atoms with van der Waals surface area (Å²) in [6.45, 7) is 2.67. The van der Waals surface area contributed by atoms with E-state index in [-0.39, 0.29) is 0 Å². The van der Waals surface area contributed by atoms with Gasteiger partial charge in [-0.15, -0.1) is 0 Å². The Morgan fingerprint density at radius 3 is 2.72 bits per heavy atom. The second-order valence-electron chi connectivity index (χ2n) is 4.37. The molecule has 1 aromatic heterocycles. The summed E-state index contributed by atoms with van der Waals surface area (Å²) in [5.74, 6) is 0. The lowest BCUT2D eigenvalue weighted by molar-refractivity contribution is 0.198. The molecule has 1 heterocycles. The van der Waals surface area contributed by atoms with Gasteiger partial charge >= 0.3 is 0 Å². The summed E-state index contributed by atoms with van der Waals surface area (Å²) in [7, 11) is 2.07. The van der Waals surface area contributed by atoms with Gasteiger partial charge < -0.3 is 10.0 Å². The predicted molar refractivity (Wildman–Crippen MR) is 81.2 cm³/mol. The molecule has 18 heavy (non-hydrogen) atoms. The van der Waals surface area contributed by atoms with Crippen LogP contribution in [0.2, 0.25) is 0 Å². The zero-order valence-corrected chi connectivity index (χ0v) is 12.8. The summed E-state index contributed by atoms with van der Waals surface area (Å²) in [6, 6.07) is 8.20. The molecule has 0 bridgehead atoms. The molecule has 0 aliphatic carbocycles. The maximum absolute atomic E-state index is 9.60. The van der Waals surface area contributed by atoms with Crippen molar-refractivity contribution in [1.29, 1.82) is 0 Å². The van der Waals surface area contributed by atoms with Crippen LogP contribution in [0.5, 0.6) is 0 Å². The van der Waals surface area contributed by atoms with E-state index in [9.17, 15) is 5.11 Å². The highest BCUT2D eigenvalue weighted by molar-refractivity contribution is 9.10. The van der Waals surface area contributed by atoms with Gasteiger partial charge in [0.1, 0.15) is 0 Å². The average molecular weight is 326 g/mol. The van der Waals surface area contributed by atoms with Crippen molar-refractivity contribution in [3.05, 3.63) is 50.6 Å². The van der Waals surface area contributed by atoms with Crippen LogP contribution < -0.4 is 4.90 Å². The van der Waals surface area contributed by atoms with E-state index in [2.05, 4.69) is 50.8 Å². The smallest absolute Gasteiger partial charge is 0.0772 e. The lowest BCUT2D eigenvalue weighted by atomic mass is 10.1. The molecule has 0 saturated heterocycles. The van der Waals surface area contributed by atoms with Crippen LogP contribution in [0, 0.1) is 0 Å². The SMILES string of the molecule is C[C@H](O)c1ccc(N(C)Cc2ccsc2)cc1Br. The van der Waals surface area contributed by atoms with Crippen LogP contribution in [0.15, 0.2) is 39.5 Å². The fourth-order valence-corrected chi connectivity index (χ4v) is 3.20. The fourth-order valence-electron chi connectivity index (χ4n) is 1.84. The first-order valence-electron chi connectivity index (χ1n) is 5.77. The third kappa shape index (κ3) is 3.13. The van der Waals surface area contributed by atoms with Crippen molar-refractivity contribution in [2.45, 2.75) is 19.6 Å². The molecule has 2 nitrogen and oxygen atoms in total. The number of nitrogens with zero attached hydrogens (tertiary/aromatic N) is 1. The Labute approximate surface area is 120 Å². The molecule has 1 atom stereocenters. The lowest BCUT2D eigenvalue weighted by Gasteiger charge is -2.20. The molecule has 2 rings (SSSR count). The number of aliphatic hydroxyl groups is 1. The monoisotopic (exact) mass is 325 g/mol. The Morgan fingerprint density at radius 1 is 1.39 bits per heavy atom.